The van der Waals surface area contributed by atoms with Crippen LogP contribution in [-0.2, 0) is 9.59 Å². The molecule has 0 saturated carbocycles. The second-order valence-corrected chi connectivity index (χ2v) is 8.11. The van der Waals surface area contributed by atoms with Crippen molar-refractivity contribution >= 4 is 36.8 Å². The van der Waals surface area contributed by atoms with Crippen LogP contribution in [0.5, 0.6) is 11.5 Å². The Morgan fingerprint density at radius 2 is 1.08 bits per heavy atom. The lowest BCUT2D eigenvalue weighted by molar-refractivity contribution is -0.139. The van der Waals surface area contributed by atoms with Crippen molar-refractivity contribution < 1.29 is 29.4 Å². The number of aromatic hydroxyl groups is 2. The number of amides is 2. The number of aliphatic imine (C=N–C) groups is 2. The van der Waals surface area contributed by atoms with Gasteiger partial charge in [0.05, 0.1) is 11.1 Å². The number of hydrogen-bond donors (Lipinski definition) is 4. The summed E-state index contributed by atoms with van der Waals surface area (Å²) in [6, 6.07) is 6.57. The Balaban J connectivity index is 1.65. The van der Waals surface area contributed by atoms with Gasteiger partial charge in [-0.05, 0) is 62.1 Å². The third-order valence-electron chi connectivity index (χ3n) is 5.05. The molecule has 0 aromatic heterocycles. The molecule has 0 heterocycles. The molecule has 2 rings (SSSR count). The van der Waals surface area contributed by atoms with Crippen LogP contribution in [0.3, 0.4) is 0 Å². The second-order valence-electron chi connectivity index (χ2n) is 8.11. The maximum absolute atomic E-state index is 11.9. The summed E-state index contributed by atoms with van der Waals surface area (Å²) in [5.74, 6) is -1.76. The van der Waals surface area contributed by atoms with Gasteiger partial charge in [-0.25, -0.2) is 0 Å². The number of phenols is 2. The first-order valence-corrected chi connectivity index (χ1v) is 11.4. The molecule has 36 heavy (non-hydrogen) atoms. The molecule has 10 nitrogen and oxygen atoms in total. The van der Waals surface area contributed by atoms with E-state index in [9.17, 15) is 29.4 Å². The van der Waals surface area contributed by atoms with Crippen LogP contribution in [0.25, 0.3) is 0 Å². The van der Waals surface area contributed by atoms with E-state index in [-0.39, 0.29) is 35.7 Å². The minimum atomic E-state index is -0.750. The minimum Gasteiger partial charge on any atom is -0.507 e. The van der Waals surface area contributed by atoms with Gasteiger partial charge in [-0.15, -0.1) is 0 Å². The summed E-state index contributed by atoms with van der Waals surface area (Å²) in [4.78, 5) is 54.0. The fraction of sp³-hybridized carbons (Fsp3) is 0.308. The first kappa shape index (κ1) is 27.9. The van der Waals surface area contributed by atoms with Crippen molar-refractivity contribution in [3.63, 3.8) is 0 Å². The van der Waals surface area contributed by atoms with Gasteiger partial charge in [0.2, 0.25) is 0 Å². The summed E-state index contributed by atoms with van der Waals surface area (Å²) >= 11 is 0. The van der Waals surface area contributed by atoms with Gasteiger partial charge in [0.1, 0.15) is 11.5 Å². The van der Waals surface area contributed by atoms with E-state index in [1.165, 1.54) is 12.4 Å². The van der Waals surface area contributed by atoms with Gasteiger partial charge in [-0.3, -0.25) is 29.2 Å². The van der Waals surface area contributed by atoms with Gasteiger partial charge in [0.15, 0.2) is 12.6 Å². The first-order valence-electron chi connectivity index (χ1n) is 11.4. The number of hydrogen-bond acceptors (Lipinski definition) is 8. The number of carbonyl (C=O) groups excluding carboxylic acids is 4. The predicted octanol–water partition coefficient (Wildman–Crippen LogP) is 1.89. The van der Waals surface area contributed by atoms with Gasteiger partial charge in [-0.2, -0.15) is 0 Å². The average molecular weight is 495 g/mol. The fourth-order valence-corrected chi connectivity index (χ4v) is 3.28. The molecule has 0 fully saturated rings. The van der Waals surface area contributed by atoms with Crippen LogP contribution in [-0.4, -0.2) is 73.2 Å². The van der Waals surface area contributed by atoms with Crippen LogP contribution in [0, 0.1) is 13.8 Å². The fourth-order valence-electron chi connectivity index (χ4n) is 3.28. The number of aryl methyl sites for hydroxylation is 2. The van der Waals surface area contributed by atoms with E-state index < -0.39 is 11.8 Å². The van der Waals surface area contributed by atoms with E-state index >= 15 is 0 Å². The van der Waals surface area contributed by atoms with Crippen LogP contribution in [0.1, 0.15) is 55.8 Å². The molecule has 0 radical (unpaired) electrons. The zero-order valence-corrected chi connectivity index (χ0v) is 20.3. The van der Waals surface area contributed by atoms with Crippen molar-refractivity contribution in [3.8, 4) is 11.5 Å². The number of rotatable bonds is 12. The topological polar surface area (TPSA) is 158 Å². The highest BCUT2D eigenvalue weighted by Gasteiger charge is 2.11. The van der Waals surface area contributed by atoms with Gasteiger partial charge in [0, 0.05) is 49.7 Å². The van der Waals surface area contributed by atoms with Crippen LogP contribution in [0.2, 0.25) is 0 Å². The molecule has 0 aliphatic rings. The molecule has 0 saturated heterocycles. The van der Waals surface area contributed by atoms with Crippen molar-refractivity contribution in [2.45, 2.75) is 26.7 Å². The first-order chi connectivity index (χ1) is 17.3. The summed E-state index contributed by atoms with van der Waals surface area (Å²) in [6.07, 6.45) is 5.05. The molecular formula is C26H30N4O6. The quantitative estimate of drug-likeness (QED) is 0.153. The summed E-state index contributed by atoms with van der Waals surface area (Å²) in [7, 11) is 0. The Labute approximate surface area is 209 Å². The molecule has 0 aliphatic carbocycles. The molecule has 0 spiro atoms. The predicted molar refractivity (Wildman–Crippen MR) is 137 cm³/mol. The molecule has 2 aromatic rings. The van der Waals surface area contributed by atoms with Crippen molar-refractivity contribution in [2.75, 3.05) is 26.2 Å². The molecule has 2 aromatic carbocycles. The monoisotopic (exact) mass is 494 g/mol. The average Bonchev–Trinajstić information content (AvgIpc) is 2.86. The van der Waals surface area contributed by atoms with Crippen LogP contribution in [0.4, 0.5) is 0 Å². The van der Waals surface area contributed by atoms with Gasteiger partial charge >= 0.3 is 11.8 Å². The van der Waals surface area contributed by atoms with E-state index in [4.69, 9.17) is 0 Å². The van der Waals surface area contributed by atoms with Crippen molar-refractivity contribution in [1.82, 2.24) is 10.6 Å². The van der Waals surface area contributed by atoms with E-state index in [1.807, 2.05) is 0 Å². The zero-order valence-electron chi connectivity index (χ0n) is 20.3. The van der Waals surface area contributed by atoms with E-state index in [2.05, 4.69) is 20.6 Å². The van der Waals surface area contributed by atoms with Gasteiger partial charge in [0.25, 0.3) is 0 Å². The Morgan fingerprint density at radius 3 is 1.44 bits per heavy atom. The molecular weight excluding hydrogens is 464 g/mol. The van der Waals surface area contributed by atoms with Gasteiger partial charge in [-0.1, -0.05) is 0 Å². The molecule has 0 unspecified atom stereocenters. The SMILES string of the molecule is Cc1cc(C=O)c(O)c(C=NCCCNC(=O)C(=O)NCCCN=Cc2cc(C)cc(C=O)c2O)c1. The molecule has 10 heteroatoms. The third kappa shape index (κ3) is 8.46. The van der Waals surface area contributed by atoms with E-state index in [0.717, 1.165) is 11.1 Å². The molecule has 0 bridgehead atoms. The van der Waals surface area contributed by atoms with Crippen molar-refractivity contribution in [1.29, 1.82) is 0 Å². The lowest BCUT2D eigenvalue weighted by atomic mass is 10.1. The normalized spacial score (nSPS) is 11.1. The summed E-state index contributed by atoms with van der Waals surface area (Å²) in [5, 5.41) is 25.0. The molecule has 2 amide bonds. The third-order valence-corrected chi connectivity index (χ3v) is 5.05. The highest BCUT2D eigenvalue weighted by atomic mass is 16.3. The second kappa shape index (κ2) is 14.1. The van der Waals surface area contributed by atoms with E-state index in [1.54, 1.807) is 38.1 Å². The van der Waals surface area contributed by atoms with Crippen molar-refractivity contribution in [2.24, 2.45) is 9.98 Å². The molecule has 190 valence electrons. The number of carbonyl (C=O) groups is 4. The minimum absolute atomic E-state index is 0.129. The lowest BCUT2D eigenvalue weighted by Gasteiger charge is -2.06. The molecule has 0 aliphatic heterocycles. The Bertz CT molecular complexity index is 1080. The standard InChI is InChI=1S/C26H30N4O6/c1-17-9-19(23(33)21(11-17)15-31)13-27-5-3-7-29-25(35)26(36)30-8-4-6-28-14-20-10-18(2)12-22(16-32)24(20)34/h9-16,33-34H,3-8H2,1-2H3,(H,29,35)(H,30,36). The van der Waals surface area contributed by atoms with Crippen LogP contribution in [0.15, 0.2) is 34.3 Å². The maximum Gasteiger partial charge on any atom is 0.309 e. The Morgan fingerprint density at radius 1 is 0.722 bits per heavy atom. The summed E-state index contributed by atoms with van der Waals surface area (Å²) in [6.45, 7) is 4.81. The largest absolute Gasteiger partial charge is 0.507 e. The van der Waals surface area contributed by atoms with Crippen molar-refractivity contribution in [3.05, 3.63) is 57.6 Å². The van der Waals surface area contributed by atoms with Crippen LogP contribution >= 0.6 is 0 Å². The smallest absolute Gasteiger partial charge is 0.309 e. The number of phenolic OH excluding ortho intramolecular Hbond substituents is 2. The maximum atomic E-state index is 11.9. The number of benzene rings is 2. The number of nitrogens with zero attached hydrogens (tertiary/aromatic N) is 2. The Hall–Kier alpha value is -4.34. The van der Waals surface area contributed by atoms with Gasteiger partial charge < -0.3 is 20.8 Å². The Kier molecular flexibility index (Phi) is 11.0. The molecule has 0 atom stereocenters. The number of aldehydes is 2. The summed E-state index contributed by atoms with van der Waals surface area (Å²) < 4.78 is 0. The highest BCUT2D eigenvalue weighted by molar-refractivity contribution is 6.35. The zero-order chi connectivity index (χ0) is 26.5. The lowest BCUT2D eigenvalue weighted by Crippen LogP contribution is -2.40. The number of nitrogens with one attached hydrogen (secondary N) is 2. The summed E-state index contributed by atoms with van der Waals surface area (Å²) in [5.41, 5.74) is 2.90. The highest BCUT2D eigenvalue weighted by Crippen LogP contribution is 2.22. The van der Waals surface area contributed by atoms with Crippen LogP contribution < -0.4 is 10.6 Å². The molecule has 4 N–H and O–H groups in total. The van der Waals surface area contributed by atoms with E-state index in [0.29, 0.717) is 49.6 Å².